The summed E-state index contributed by atoms with van der Waals surface area (Å²) < 4.78 is 35.7. The quantitative estimate of drug-likeness (QED) is 0.689. The van der Waals surface area contributed by atoms with E-state index < -0.39 is 24.3 Å². The van der Waals surface area contributed by atoms with Crippen molar-refractivity contribution in [2.24, 2.45) is 15.7 Å². The highest BCUT2D eigenvalue weighted by atomic mass is 35.5. The molecule has 0 saturated carbocycles. The molecule has 1 unspecified atom stereocenters. The van der Waals surface area contributed by atoms with Crippen molar-refractivity contribution in [3.05, 3.63) is 0 Å². The van der Waals surface area contributed by atoms with E-state index >= 15 is 0 Å². The van der Waals surface area contributed by atoms with Crippen molar-refractivity contribution in [1.29, 1.82) is 0 Å². The van der Waals surface area contributed by atoms with Gasteiger partial charge in [0.25, 0.3) is 0 Å². The first-order valence-electron chi connectivity index (χ1n) is 2.98. The monoisotopic (exact) mass is 216 g/mol. The lowest BCUT2D eigenvalue weighted by Crippen LogP contribution is -2.46. The number of hydroxylamine groups is 2. The zero-order valence-corrected chi connectivity index (χ0v) is 6.75. The van der Waals surface area contributed by atoms with Gasteiger partial charge in [0.1, 0.15) is 0 Å². The van der Waals surface area contributed by atoms with Crippen molar-refractivity contribution >= 4 is 23.0 Å². The number of halogens is 4. The minimum atomic E-state index is -3.13. The van der Waals surface area contributed by atoms with Crippen molar-refractivity contribution < 1.29 is 18.0 Å². The number of alkyl halides is 2. The largest absolute Gasteiger partial charge is 0.365 e. The van der Waals surface area contributed by atoms with Crippen molar-refractivity contribution in [2.75, 3.05) is 0 Å². The van der Waals surface area contributed by atoms with Gasteiger partial charge in [-0.25, -0.2) is 0 Å². The first kappa shape index (κ1) is 10.2. The third-order valence-electron chi connectivity index (χ3n) is 1.04. The second kappa shape index (κ2) is 3.90. The fourth-order valence-corrected chi connectivity index (χ4v) is 0.826. The van der Waals surface area contributed by atoms with Crippen molar-refractivity contribution in [3.63, 3.8) is 0 Å². The average molecular weight is 217 g/mol. The molecule has 0 saturated heterocycles. The summed E-state index contributed by atoms with van der Waals surface area (Å²) in [5.41, 5.74) is 5.08. The van der Waals surface area contributed by atoms with E-state index in [2.05, 4.69) is 14.8 Å². The van der Waals surface area contributed by atoms with Gasteiger partial charge in [0.15, 0.2) is 0 Å². The summed E-state index contributed by atoms with van der Waals surface area (Å²) in [6.45, 7) is -3.13. The molecule has 9 heteroatoms. The molecule has 0 aliphatic carbocycles. The normalized spacial score (nSPS) is 23.2. The van der Waals surface area contributed by atoms with Crippen LogP contribution in [0.5, 0.6) is 0 Å². The molecule has 0 aromatic rings. The maximum atomic E-state index is 12.3. The lowest BCUT2D eigenvalue weighted by atomic mass is 10.8. The fraction of sp³-hybridized carbons (Fsp3) is 0.500. The van der Waals surface area contributed by atoms with Gasteiger partial charge >= 0.3 is 12.7 Å². The maximum absolute atomic E-state index is 12.3. The van der Waals surface area contributed by atoms with E-state index in [0.29, 0.717) is 5.06 Å². The van der Waals surface area contributed by atoms with Crippen LogP contribution in [-0.2, 0) is 4.84 Å². The van der Waals surface area contributed by atoms with Crippen LogP contribution in [0.1, 0.15) is 0 Å². The zero-order valence-electron chi connectivity index (χ0n) is 5.99. The number of amidine groups is 2. The van der Waals surface area contributed by atoms with Crippen LogP contribution in [0.15, 0.2) is 9.98 Å². The standard InChI is InChI=1S/C4H4ClF3N4O/c5-1-10-3(8)11-4(9)12(1)13-2(6)7/h2,4H,9H2. The minimum absolute atomic E-state index is 0.301. The Hall–Kier alpha value is -0.860. The number of nitrogens with zero attached hydrogens (tertiary/aromatic N) is 3. The highest BCUT2D eigenvalue weighted by Crippen LogP contribution is 2.12. The molecule has 0 spiro atoms. The Kier molecular flexibility index (Phi) is 3.07. The van der Waals surface area contributed by atoms with E-state index in [9.17, 15) is 13.2 Å². The van der Waals surface area contributed by atoms with Crippen LogP contribution < -0.4 is 5.73 Å². The Morgan fingerprint density at radius 3 is 2.69 bits per heavy atom. The van der Waals surface area contributed by atoms with Gasteiger partial charge < -0.3 is 0 Å². The molecular weight excluding hydrogens is 213 g/mol. The molecule has 0 amide bonds. The van der Waals surface area contributed by atoms with Gasteiger partial charge in [-0.15, -0.1) is 0 Å². The number of hydrogen-bond acceptors (Lipinski definition) is 5. The van der Waals surface area contributed by atoms with E-state index in [1.54, 1.807) is 0 Å². The molecule has 0 radical (unpaired) electrons. The molecule has 74 valence electrons. The molecule has 0 bridgehead atoms. The molecule has 2 N–H and O–H groups in total. The van der Waals surface area contributed by atoms with Gasteiger partial charge in [0, 0.05) is 0 Å². The summed E-state index contributed by atoms with van der Waals surface area (Å²) in [4.78, 5) is 9.71. The number of rotatable bonds is 2. The first-order valence-corrected chi connectivity index (χ1v) is 3.35. The summed E-state index contributed by atoms with van der Waals surface area (Å²) in [7, 11) is 0. The molecule has 5 nitrogen and oxygen atoms in total. The molecule has 13 heavy (non-hydrogen) atoms. The smallest absolute Gasteiger partial charge is 0.290 e. The summed E-state index contributed by atoms with van der Waals surface area (Å²) in [5, 5.41) is -0.338. The number of hydrogen-bond donors (Lipinski definition) is 1. The second-order valence-electron chi connectivity index (χ2n) is 1.88. The highest BCUT2D eigenvalue weighted by molar-refractivity contribution is 6.65. The van der Waals surface area contributed by atoms with Crippen LogP contribution in [0, 0.1) is 0 Å². The molecule has 1 atom stereocenters. The van der Waals surface area contributed by atoms with E-state index in [-0.39, 0.29) is 0 Å². The van der Waals surface area contributed by atoms with E-state index in [0.717, 1.165) is 0 Å². The Morgan fingerprint density at radius 1 is 1.62 bits per heavy atom. The molecule has 0 fully saturated rings. The minimum Gasteiger partial charge on any atom is -0.290 e. The molecule has 0 aromatic carbocycles. The Labute approximate surface area is 75.6 Å². The Morgan fingerprint density at radius 2 is 2.23 bits per heavy atom. The van der Waals surface area contributed by atoms with Gasteiger partial charge in [-0.1, -0.05) is 0 Å². The van der Waals surface area contributed by atoms with Gasteiger partial charge in [0.05, 0.1) is 0 Å². The molecular formula is C4H4ClF3N4O. The van der Waals surface area contributed by atoms with E-state index in [1.165, 1.54) is 0 Å². The predicted molar refractivity (Wildman–Crippen MR) is 38.7 cm³/mol. The van der Waals surface area contributed by atoms with Crippen molar-refractivity contribution in [1.82, 2.24) is 5.06 Å². The lowest BCUT2D eigenvalue weighted by Gasteiger charge is -2.25. The second-order valence-corrected chi connectivity index (χ2v) is 2.22. The first-order chi connectivity index (χ1) is 6.00. The van der Waals surface area contributed by atoms with Gasteiger partial charge in [-0.05, 0) is 11.6 Å². The predicted octanol–water partition coefficient (Wildman–Crippen LogP) is 0.619. The van der Waals surface area contributed by atoms with E-state index in [4.69, 9.17) is 17.3 Å². The molecule has 1 heterocycles. The number of nitrogens with two attached hydrogens (primary N) is 1. The third kappa shape index (κ3) is 2.54. The fourth-order valence-electron chi connectivity index (χ4n) is 0.617. The molecule has 1 rings (SSSR count). The van der Waals surface area contributed by atoms with Crippen LogP contribution in [0.3, 0.4) is 0 Å². The molecule has 1 aliphatic heterocycles. The van der Waals surface area contributed by atoms with Crippen LogP contribution in [-0.4, -0.2) is 29.3 Å². The van der Waals surface area contributed by atoms with Gasteiger partial charge in [0.2, 0.25) is 11.6 Å². The molecule has 0 aromatic heterocycles. The number of aliphatic imine (C=N–C) groups is 2. The maximum Gasteiger partial charge on any atom is 0.365 e. The van der Waals surface area contributed by atoms with Crippen LogP contribution in [0.2, 0.25) is 0 Å². The topological polar surface area (TPSA) is 63.2 Å². The van der Waals surface area contributed by atoms with Crippen LogP contribution in [0.25, 0.3) is 0 Å². The summed E-state index contributed by atoms with van der Waals surface area (Å²) in [6, 6.07) is 0. The summed E-state index contributed by atoms with van der Waals surface area (Å²) >= 11 is 5.23. The Balaban J connectivity index is 2.72. The summed E-state index contributed by atoms with van der Waals surface area (Å²) in [6.07, 6.45) is -2.65. The lowest BCUT2D eigenvalue weighted by molar-refractivity contribution is -0.261. The van der Waals surface area contributed by atoms with Crippen molar-refractivity contribution in [3.8, 4) is 0 Å². The van der Waals surface area contributed by atoms with Gasteiger partial charge in [-0.3, -0.25) is 5.73 Å². The van der Waals surface area contributed by atoms with Crippen LogP contribution >= 0.6 is 11.6 Å². The summed E-state index contributed by atoms with van der Waals surface area (Å²) in [5.74, 6) is 0. The van der Waals surface area contributed by atoms with Crippen molar-refractivity contribution in [2.45, 2.75) is 12.9 Å². The van der Waals surface area contributed by atoms with E-state index in [1.807, 2.05) is 0 Å². The molecule has 1 aliphatic rings. The average Bonchev–Trinajstić information content (AvgIpc) is 1.96. The zero-order chi connectivity index (χ0) is 10.0. The highest BCUT2D eigenvalue weighted by Gasteiger charge is 2.26. The Bertz CT molecular complexity index is 258. The third-order valence-corrected chi connectivity index (χ3v) is 1.29. The van der Waals surface area contributed by atoms with Crippen LogP contribution in [0.4, 0.5) is 13.2 Å². The van der Waals surface area contributed by atoms with Gasteiger partial charge in [-0.2, -0.15) is 33.1 Å². The SMILES string of the molecule is NC1N=C(F)N=C(Cl)N1OC(F)F.